The first-order valence-corrected chi connectivity index (χ1v) is 4.09. The second-order valence-corrected chi connectivity index (χ2v) is 3.37. The van der Waals surface area contributed by atoms with Gasteiger partial charge in [-0.15, -0.1) is 0 Å². The molecule has 10 heavy (non-hydrogen) atoms. The Morgan fingerprint density at radius 1 is 1.70 bits per heavy atom. The van der Waals surface area contributed by atoms with E-state index in [1.165, 1.54) is 0 Å². The summed E-state index contributed by atoms with van der Waals surface area (Å²) < 4.78 is 0. The maximum Gasteiger partial charge on any atom is 0.0477 e. The van der Waals surface area contributed by atoms with Crippen molar-refractivity contribution < 1.29 is 5.11 Å². The zero-order valence-corrected chi connectivity index (χ0v) is 6.85. The van der Waals surface area contributed by atoms with E-state index in [2.05, 4.69) is 19.2 Å². The van der Waals surface area contributed by atoms with Crippen LogP contribution in [0, 0.1) is 5.92 Å². The third-order valence-corrected chi connectivity index (χ3v) is 2.88. The van der Waals surface area contributed by atoms with Gasteiger partial charge in [-0.1, -0.05) is 6.92 Å². The molecule has 0 aromatic rings. The van der Waals surface area contributed by atoms with Crippen molar-refractivity contribution in [1.29, 1.82) is 0 Å². The van der Waals surface area contributed by atoms with E-state index in [-0.39, 0.29) is 5.54 Å². The predicted molar refractivity (Wildman–Crippen MR) is 41.9 cm³/mol. The van der Waals surface area contributed by atoms with E-state index >= 15 is 0 Å². The smallest absolute Gasteiger partial charge is 0.0477 e. The van der Waals surface area contributed by atoms with Crippen molar-refractivity contribution in [1.82, 2.24) is 5.32 Å². The highest BCUT2D eigenvalue weighted by Crippen LogP contribution is 2.28. The van der Waals surface area contributed by atoms with Crippen LogP contribution in [0.4, 0.5) is 0 Å². The van der Waals surface area contributed by atoms with Crippen LogP contribution < -0.4 is 5.32 Å². The summed E-state index contributed by atoms with van der Waals surface area (Å²) in [5.41, 5.74) is 0.203. The van der Waals surface area contributed by atoms with Crippen molar-refractivity contribution in [3.8, 4) is 0 Å². The zero-order valence-electron chi connectivity index (χ0n) is 6.85. The Bertz CT molecular complexity index is 116. The molecule has 0 aromatic carbocycles. The lowest BCUT2D eigenvalue weighted by molar-refractivity contribution is 0.168. The van der Waals surface area contributed by atoms with Gasteiger partial charge in [0, 0.05) is 18.1 Å². The molecule has 2 nitrogen and oxygen atoms in total. The molecule has 1 heterocycles. The molecule has 1 saturated heterocycles. The van der Waals surface area contributed by atoms with Crippen LogP contribution in [0.15, 0.2) is 0 Å². The first-order chi connectivity index (χ1) is 4.73. The highest BCUT2D eigenvalue weighted by molar-refractivity contribution is 4.94. The molecule has 2 N–H and O–H groups in total. The van der Waals surface area contributed by atoms with Gasteiger partial charge in [0.05, 0.1) is 0 Å². The fraction of sp³-hybridized carbons (Fsp3) is 1.00. The largest absolute Gasteiger partial charge is 0.396 e. The van der Waals surface area contributed by atoms with Crippen molar-refractivity contribution in [3.63, 3.8) is 0 Å². The summed E-state index contributed by atoms with van der Waals surface area (Å²) in [6.07, 6.45) is 2.24. The predicted octanol–water partition coefficient (Wildman–Crippen LogP) is 0.757. The molecule has 2 heteroatoms. The normalized spacial score (nSPS) is 40.5. The molecule has 2 atom stereocenters. The minimum absolute atomic E-state index is 0.203. The summed E-state index contributed by atoms with van der Waals surface area (Å²) >= 11 is 0. The van der Waals surface area contributed by atoms with Crippen molar-refractivity contribution >= 4 is 0 Å². The minimum atomic E-state index is 0.203. The van der Waals surface area contributed by atoms with Gasteiger partial charge in [0.15, 0.2) is 0 Å². The molecule has 0 radical (unpaired) electrons. The molecule has 1 rings (SSSR count). The van der Waals surface area contributed by atoms with Crippen LogP contribution in [0.1, 0.15) is 26.7 Å². The highest BCUT2D eigenvalue weighted by Gasteiger charge is 2.35. The van der Waals surface area contributed by atoms with Gasteiger partial charge in [-0.2, -0.15) is 0 Å². The van der Waals surface area contributed by atoms with Gasteiger partial charge in [-0.25, -0.2) is 0 Å². The molecule has 0 bridgehead atoms. The number of hydrogen-bond acceptors (Lipinski definition) is 2. The van der Waals surface area contributed by atoms with Gasteiger partial charge in [0.2, 0.25) is 0 Å². The molecule has 0 aliphatic carbocycles. The number of rotatable bonds is 2. The standard InChI is InChI=1S/C8H17NO/c1-3-8(2)7(6-10)4-5-9-8/h7,9-10H,3-6H2,1-2H3. The van der Waals surface area contributed by atoms with Crippen molar-refractivity contribution in [3.05, 3.63) is 0 Å². The summed E-state index contributed by atoms with van der Waals surface area (Å²) in [6, 6.07) is 0. The number of aliphatic hydroxyl groups is 1. The minimum Gasteiger partial charge on any atom is -0.396 e. The fourth-order valence-electron chi connectivity index (χ4n) is 1.70. The molecule has 0 aromatic heterocycles. The van der Waals surface area contributed by atoms with Crippen LogP contribution in [-0.4, -0.2) is 23.8 Å². The molecule has 0 saturated carbocycles. The summed E-state index contributed by atoms with van der Waals surface area (Å²) in [5, 5.41) is 12.4. The number of nitrogens with one attached hydrogen (secondary N) is 1. The second-order valence-electron chi connectivity index (χ2n) is 3.37. The number of aliphatic hydroxyl groups excluding tert-OH is 1. The molecular formula is C8H17NO. The van der Waals surface area contributed by atoms with Gasteiger partial charge in [-0.05, 0) is 26.3 Å². The van der Waals surface area contributed by atoms with E-state index < -0.39 is 0 Å². The molecule has 1 aliphatic heterocycles. The van der Waals surface area contributed by atoms with Gasteiger partial charge < -0.3 is 10.4 Å². The summed E-state index contributed by atoms with van der Waals surface area (Å²) in [7, 11) is 0. The average Bonchev–Trinajstić information content (AvgIpc) is 2.32. The Morgan fingerprint density at radius 2 is 2.40 bits per heavy atom. The monoisotopic (exact) mass is 143 g/mol. The third-order valence-electron chi connectivity index (χ3n) is 2.88. The highest BCUT2D eigenvalue weighted by atomic mass is 16.3. The van der Waals surface area contributed by atoms with Crippen LogP contribution in [0.2, 0.25) is 0 Å². The van der Waals surface area contributed by atoms with Crippen LogP contribution >= 0.6 is 0 Å². The summed E-state index contributed by atoms with van der Waals surface area (Å²) in [4.78, 5) is 0. The van der Waals surface area contributed by atoms with Gasteiger partial charge in [0.1, 0.15) is 0 Å². The van der Waals surface area contributed by atoms with Crippen molar-refractivity contribution in [2.24, 2.45) is 5.92 Å². The second kappa shape index (κ2) is 2.89. The average molecular weight is 143 g/mol. The van der Waals surface area contributed by atoms with Crippen molar-refractivity contribution in [2.45, 2.75) is 32.2 Å². The molecule has 60 valence electrons. The molecular weight excluding hydrogens is 126 g/mol. The Morgan fingerprint density at radius 3 is 2.80 bits per heavy atom. The number of hydrogen-bond donors (Lipinski definition) is 2. The maximum atomic E-state index is 8.99. The Hall–Kier alpha value is -0.0800. The van der Waals surface area contributed by atoms with E-state index in [0.717, 1.165) is 19.4 Å². The lowest BCUT2D eigenvalue weighted by Crippen LogP contribution is -2.42. The van der Waals surface area contributed by atoms with Crippen molar-refractivity contribution in [2.75, 3.05) is 13.2 Å². The SMILES string of the molecule is CCC1(C)NCCC1CO. The van der Waals surface area contributed by atoms with E-state index in [1.807, 2.05) is 0 Å². The van der Waals surface area contributed by atoms with Crippen LogP contribution in [0.25, 0.3) is 0 Å². The van der Waals surface area contributed by atoms with E-state index in [9.17, 15) is 0 Å². The maximum absolute atomic E-state index is 8.99. The van der Waals surface area contributed by atoms with Crippen LogP contribution in [0.5, 0.6) is 0 Å². The lowest BCUT2D eigenvalue weighted by Gasteiger charge is -2.29. The Balaban J connectivity index is 2.56. The molecule has 2 unspecified atom stereocenters. The molecule has 1 aliphatic rings. The van der Waals surface area contributed by atoms with Crippen LogP contribution in [-0.2, 0) is 0 Å². The quantitative estimate of drug-likeness (QED) is 0.598. The topological polar surface area (TPSA) is 32.3 Å². The van der Waals surface area contributed by atoms with E-state index in [0.29, 0.717) is 12.5 Å². The van der Waals surface area contributed by atoms with E-state index in [4.69, 9.17) is 5.11 Å². The van der Waals surface area contributed by atoms with E-state index in [1.54, 1.807) is 0 Å². The van der Waals surface area contributed by atoms with Gasteiger partial charge in [-0.3, -0.25) is 0 Å². The fourth-order valence-corrected chi connectivity index (χ4v) is 1.70. The first-order valence-electron chi connectivity index (χ1n) is 4.09. The third kappa shape index (κ3) is 1.18. The Kier molecular flexibility index (Phi) is 2.32. The first kappa shape index (κ1) is 8.02. The van der Waals surface area contributed by atoms with Gasteiger partial charge >= 0.3 is 0 Å². The molecule has 1 fully saturated rings. The molecule has 0 spiro atoms. The van der Waals surface area contributed by atoms with Crippen LogP contribution in [0.3, 0.4) is 0 Å². The summed E-state index contributed by atoms with van der Waals surface area (Å²) in [6.45, 7) is 5.76. The molecule has 0 amide bonds. The van der Waals surface area contributed by atoms with Gasteiger partial charge in [0.25, 0.3) is 0 Å². The summed E-state index contributed by atoms with van der Waals surface area (Å²) in [5.74, 6) is 0.470. The lowest BCUT2D eigenvalue weighted by atomic mass is 9.86. The zero-order chi connectivity index (χ0) is 7.61. The Labute approximate surface area is 62.6 Å².